The van der Waals surface area contributed by atoms with Crippen LogP contribution in [0.2, 0.25) is 0 Å². The normalized spacial score (nSPS) is 23.8. The van der Waals surface area contributed by atoms with Gasteiger partial charge in [-0.15, -0.1) is 11.3 Å². The van der Waals surface area contributed by atoms with Gasteiger partial charge in [0.05, 0.1) is 11.0 Å². The summed E-state index contributed by atoms with van der Waals surface area (Å²) < 4.78 is 0. The second kappa shape index (κ2) is 5.23. The average molecular weight is 283 g/mol. The third-order valence-corrected chi connectivity index (χ3v) is 5.76. The molecule has 18 heavy (non-hydrogen) atoms. The van der Waals surface area contributed by atoms with E-state index in [2.05, 4.69) is 6.07 Å². The number of hydrogen-bond acceptors (Lipinski definition) is 4. The molecule has 1 atom stereocenters. The minimum absolute atomic E-state index is 0.109. The van der Waals surface area contributed by atoms with Crippen molar-refractivity contribution < 1.29 is 9.90 Å². The van der Waals surface area contributed by atoms with Crippen molar-refractivity contribution in [1.29, 1.82) is 0 Å². The van der Waals surface area contributed by atoms with Crippen LogP contribution >= 0.6 is 23.1 Å². The number of piperidine rings is 1. The molecule has 0 aromatic carbocycles. The Hall–Kier alpha value is -0.520. The maximum absolute atomic E-state index is 12.4. The van der Waals surface area contributed by atoms with E-state index in [9.17, 15) is 9.90 Å². The number of fused-ring (bicyclic) bond motifs is 1. The first-order chi connectivity index (χ1) is 8.74. The van der Waals surface area contributed by atoms with Gasteiger partial charge in [-0.05, 0) is 36.6 Å². The van der Waals surface area contributed by atoms with Crippen LogP contribution in [0.15, 0.2) is 6.07 Å². The summed E-state index contributed by atoms with van der Waals surface area (Å²) in [5, 5.41) is 9.64. The number of β-amino-alcohol motifs (C(OH)–C–C–N with tert-alkyl or cyclic N) is 1. The van der Waals surface area contributed by atoms with Crippen LogP contribution in [0, 0.1) is 0 Å². The third kappa shape index (κ3) is 2.44. The van der Waals surface area contributed by atoms with Crippen molar-refractivity contribution in [3.05, 3.63) is 21.4 Å². The van der Waals surface area contributed by atoms with Gasteiger partial charge in [-0.25, -0.2) is 0 Å². The Balaban J connectivity index is 1.77. The number of thioether (sulfide) groups is 1. The maximum Gasteiger partial charge on any atom is 0.264 e. The van der Waals surface area contributed by atoms with E-state index in [0.29, 0.717) is 6.54 Å². The van der Waals surface area contributed by atoms with Gasteiger partial charge in [-0.2, -0.15) is 11.8 Å². The standard InChI is InChI=1S/C13H17NO2S2/c15-10-2-1-4-14(7-10)13(16)12-6-9-8-17-5-3-11(9)18-12/h6,10,15H,1-5,7-8H2/t10-/m0/s1. The highest BCUT2D eigenvalue weighted by Gasteiger charge is 2.25. The predicted molar refractivity (Wildman–Crippen MR) is 75.3 cm³/mol. The Kier molecular flexibility index (Phi) is 3.63. The lowest BCUT2D eigenvalue weighted by Gasteiger charge is -2.29. The predicted octanol–water partition coefficient (Wildman–Crippen LogP) is 2.13. The van der Waals surface area contributed by atoms with Gasteiger partial charge < -0.3 is 10.0 Å². The average Bonchev–Trinajstić information content (AvgIpc) is 2.81. The van der Waals surface area contributed by atoms with Crippen LogP contribution in [0.1, 0.15) is 33.0 Å². The van der Waals surface area contributed by atoms with E-state index in [0.717, 1.165) is 36.4 Å². The third-order valence-electron chi connectivity index (χ3n) is 3.52. The number of hydrogen-bond donors (Lipinski definition) is 1. The van der Waals surface area contributed by atoms with Gasteiger partial charge in [0.15, 0.2) is 0 Å². The summed E-state index contributed by atoms with van der Waals surface area (Å²) >= 11 is 3.59. The molecule has 2 aliphatic heterocycles. The lowest BCUT2D eigenvalue weighted by Crippen LogP contribution is -2.41. The van der Waals surface area contributed by atoms with Crippen LogP contribution < -0.4 is 0 Å². The molecule has 1 aromatic rings. The minimum Gasteiger partial charge on any atom is -0.391 e. The van der Waals surface area contributed by atoms with Crippen LogP contribution in [0.5, 0.6) is 0 Å². The van der Waals surface area contributed by atoms with Crippen molar-refractivity contribution in [2.75, 3.05) is 18.8 Å². The summed E-state index contributed by atoms with van der Waals surface area (Å²) in [5.41, 5.74) is 1.34. The molecule has 2 aliphatic rings. The fraction of sp³-hybridized carbons (Fsp3) is 0.615. The number of carbonyl (C=O) groups is 1. The van der Waals surface area contributed by atoms with E-state index in [4.69, 9.17) is 0 Å². The molecule has 0 unspecified atom stereocenters. The number of carbonyl (C=O) groups excluding carboxylic acids is 1. The SMILES string of the molecule is O=C(c1cc2c(s1)CCSC2)N1CCC[C@H](O)C1. The zero-order chi connectivity index (χ0) is 12.5. The van der Waals surface area contributed by atoms with Crippen LogP contribution in [0.25, 0.3) is 0 Å². The summed E-state index contributed by atoms with van der Waals surface area (Å²) in [6.45, 7) is 1.28. The van der Waals surface area contributed by atoms with Gasteiger partial charge in [0.25, 0.3) is 5.91 Å². The lowest BCUT2D eigenvalue weighted by atomic mass is 10.1. The quantitative estimate of drug-likeness (QED) is 0.858. The zero-order valence-electron chi connectivity index (χ0n) is 10.2. The molecule has 1 N–H and O–H groups in total. The van der Waals surface area contributed by atoms with E-state index in [1.165, 1.54) is 16.2 Å². The molecular weight excluding hydrogens is 266 g/mol. The number of aliphatic hydroxyl groups is 1. The lowest BCUT2D eigenvalue weighted by molar-refractivity contribution is 0.0477. The number of thiophene rings is 1. The molecule has 1 aromatic heterocycles. The molecule has 0 radical (unpaired) electrons. The highest BCUT2D eigenvalue weighted by atomic mass is 32.2. The Morgan fingerprint density at radius 2 is 2.39 bits per heavy atom. The first-order valence-corrected chi connectivity index (χ1v) is 8.38. The van der Waals surface area contributed by atoms with Crippen molar-refractivity contribution >= 4 is 29.0 Å². The Labute approximate surface area is 115 Å². The monoisotopic (exact) mass is 283 g/mol. The number of aliphatic hydroxyl groups excluding tert-OH is 1. The molecule has 5 heteroatoms. The summed E-state index contributed by atoms with van der Waals surface area (Å²) in [6, 6.07) is 2.06. The van der Waals surface area contributed by atoms with Crippen molar-refractivity contribution in [3.8, 4) is 0 Å². The van der Waals surface area contributed by atoms with E-state index in [1.54, 1.807) is 16.2 Å². The molecule has 1 amide bonds. The summed E-state index contributed by atoms with van der Waals surface area (Å²) in [6.07, 6.45) is 2.49. The number of nitrogens with zero attached hydrogens (tertiary/aromatic N) is 1. The molecule has 0 aliphatic carbocycles. The van der Waals surface area contributed by atoms with Crippen LogP contribution in [0.4, 0.5) is 0 Å². The number of aryl methyl sites for hydroxylation is 1. The topological polar surface area (TPSA) is 40.5 Å². The molecule has 1 fully saturated rings. The molecule has 3 rings (SSSR count). The van der Waals surface area contributed by atoms with Gasteiger partial charge in [-0.1, -0.05) is 0 Å². The van der Waals surface area contributed by atoms with Crippen LogP contribution in [-0.4, -0.2) is 40.9 Å². The van der Waals surface area contributed by atoms with Gasteiger partial charge in [0.2, 0.25) is 0 Å². The first kappa shape index (κ1) is 12.5. The second-order valence-corrected chi connectivity index (χ2v) is 7.15. The molecule has 0 bridgehead atoms. The van der Waals surface area contributed by atoms with Crippen molar-refractivity contribution in [2.24, 2.45) is 0 Å². The maximum atomic E-state index is 12.4. The van der Waals surface area contributed by atoms with Crippen molar-refractivity contribution in [1.82, 2.24) is 4.90 Å². The van der Waals surface area contributed by atoms with E-state index >= 15 is 0 Å². The Bertz CT molecular complexity index is 434. The van der Waals surface area contributed by atoms with Crippen LogP contribution in [-0.2, 0) is 12.2 Å². The molecule has 3 nitrogen and oxygen atoms in total. The van der Waals surface area contributed by atoms with Gasteiger partial charge in [0, 0.05) is 23.7 Å². The van der Waals surface area contributed by atoms with Crippen molar-refractivity contribution in [2.45, 2.75) is 31.1 Å². The smallest absolute Gasteiger partial charge is 0.264 e. The van der Waals surface area contributed by atoms with Gasteiger partial charge in [0.1, 0.15) is 0 Å². The fourth-order valence-corrected chi connectivity index (χ4v) is 4.89. The summed E-state index contributed by atoms with van der Waals surface area (Å²) in [4.78, 5) is 16.4. The number of amides is 1. The fourth-order valence-electron chi connectivity index (χ4n) is 2.55. The highest BCUT2D eigenvalue weighted by molar-refractivity contribution is 7.98. The minimum atomic E-state index is -0.340. The van der Waals surface area contributed by atoms with Crippen molar-refractivity contribution in [3.63, 3.8) is 0 Å². The first-order valence-electron chi connectivity index (χ1n) is 6.40. The molecule has 0 saturated carbocycles. The largest absolute Gasteiger partial charge is 0.391 e. The Morgan fingerprint density at radius 3 is 3.17 bits per heavy atom. The Morgan fingerprint density at radius 1 is 1.50 bits per heavy atom. The molecule has 1 saturated heterocycles. The van der Waals surface area contributed by atoms with Crippen LogP contribution in [0.3, 0.4) is 0 Å². The molecule has 98 valence electrons. The van der Waals surface area contributed by atoms with E-state index < -0.39 is 0 Å². The molecule has 3 heterocycles. The summed E-state index contributed by atoms with van der Waals surface area (Å²) in [7, 11) is 0. The second-order valence-electron chi connectivity index (χ2n) is 4.91. The van der Waals surface area contributed by atoms with Gasteiger partial charge in [-0.3, -0.25) is 4.79 Å². The van der Waals surface area contributed by atoms with Gasteiger partial charge >= 0.3 is 0 Å². The van der Waals surface area contributed by atoms with E-state index in [-0.39, 0.29) is 12.0 Å². The molecule has 0 spiro atoms. The highest BCUT2D eigenvalue weighted by Crippen LogP contribution is 2.32. The zero-order valence-corrected chi connectivity index (χ0v) is 11.9. The number of rotatable bonds is 1. The summed E-state index contributed by atoms with van der Waals surface area (Å²) in [5.74, 6) is 2.32. The molecular formula is C13H17NO2S2. The number of likely N-dealkylation sites (tertiary alicyclic amines) is 1. The van der Waals surface area contributed by atoms with E-state index in [1.807, 2.05) is 11.8 Å².